The first-order valence-corrected chi connectivity index (χ1v) is 9.58. The van der Waals surface area contributed by atoms with E-state index in [0.717, 1.165) is 49.2 Å². The Morgan fingerprint density at radius 2 is 1.88 bits per heavy atom. The summed E-state index contributed by atoms with van der Waals surface area (Å²) in [6.45, 7) is 1.53. The van der Waals surface area contributed by atoms with Crippen LogP contribution in [0, 0.1) is 11.7 Å². The second kappa shape index (κ2) is 7.52. The number of hydrogen-bond donors (Lipinski definition) is 0. The van der Waals surface area contributed by atoms with Crippen LogP contribution < -0.4 is 0 Å². The zero-order valence-electron chi connectivity index (χ0n) is 14.9. The molecule has 26 heavy (non-hydrogen) atoms. The summed E-state index contributed by atoms with van der Waals surface area (Å²) in [6, 6.07) is 6.49. The van der Waals surface area contributed by atoms with Gasteiger partial charge >= 0.3 is 0 Å². The number of carbonyl (C=O) groups is 1. The van der Waals surface area contributed by atoms with Gasteiger partial charge in [-0.15, -0.1) is 0 Å². The third-order valence-corrected chi connectivity index (χ3v) is 5.65. The minimum atomic E-state index is -0.277. The van der Waals surface area contributed by atoms with E-state index in [1.54, 1.807) is 18.5 Å². The summed E-state index contributed by atoms with van der Waals surface area (Å²) < 4.78 is 13.7. The monoisotopic (exact) mass is 353 g/mol. The minimum Gasteiger partial charge on any atom is -0.342 e. The molecule has 4 nitrogen and oxygen atoms in total. The highest BCUT2D eigenvalue weighted by atomic mass is 19.1. The van der Waals surface area contributed by atoms with Crippen LogP contribution in [0.5, 0.6) is 0 Å². The largest absolute Gasteiger partial charge is 0.342 e. The first-order chi connectivity index (χ1) is 12.7. The molecule has 1 saturated heterocycles. The van der Waals surface area contributed by atoms with Gasteiger partial charge in [0, 0.05) is 42.9 Å². The molecule has 2 heterocycles. The molecule has 136 valence electrons. The molecule has 1 atom stereocenters. The van der Waals surface area contributed by atoms with Gasteiger partial charge in [0.05, 0.1) is 11.4 Å². The summed E-state index contributed by atoms with van der Waals surface area (Å²) in [5.74, 6) is 0.392. The Hall–Kier alpha value is -2.30. The molecule has 0 bridgehead atoms. The maximum absolute atomic E-state index is 13.7. The van der Waals surface area contributed by atoms with Crippen molar-refractivity contribution >= 4 is 5.91 Å². The predicted octanol–water partition coefficient (Wildman–Crippen LogP) is 4.18. The van der Waals surface area contributed by atoms with Crippen molar-refractivity contribution in [1.82, 2.24) is 14.9 Å². The Balaban J connectivity index is 1.58. The van der Waals surface area contributed by atoms with Crippen LogP contribution in [0.4, 0.5) is 4.39 Å². The molecular formula is C21H24FN3O. The van der Waals surface area contributed by atoms with Crippen LogP contribution in [-0.4, -0.2) is 33.9 Å². The molecule has 2 aromatic rings. The average molecular weight is 353 g/mol. The van der Waals surface area contributed by atoms with Crippen molar-refractivity contribution in [1.29, 1.82) is 0 Å². The SMILES string of the molecule is O=C(C1CCCC1)N1CCC[C@H](c2nccnc2-c2cccc(F)c2)C1. The van der Waals surface area contributed by atoms with Crippen molar-refractivity contribution in [2.45, 2.75) is 44.4 Å². The van der Waals surface area contributed by atoms with Gasteiger partial charge in [-0.05, 0) is 37.8 Å². The zero-order valence-corrected chi connectivity index (χ0v) is 14.9. The van der Waals surface area contributed by atoms with E-state index in [4.69, 9.17) is 0 Å². The number of amides is 1. The van der Waals surface area contributed by atoms with Crippen LogP contribution >= 0.6 is 0 Å². The lowest BCUT2D eigenvalue weighted by molar-refractivity contribution is -0.136. The molecule has 2 fully saturated rings. The fourth-order valence-corrected chi connectivity index (χ4v) is 4.34. The normalized spacial score (nSPS) is 21.1. The number of aromatic nitrogens is 2. The average Bonchev–Trinajstić information content (AvgIpc) is 3.22. The van der Waals surface area contributed by atoms with E-state index in [1.165, 1.54) is 25.0 Å². The topological polar surface area (TPSA) is 46.1 Å². The van der Waals surface area contributed by atoms with Crippen molar-refractivity contribution in [3.63, 3.8) is 0 Å². The van der Waals surface area contributed by atoms with Crippen LogP contribution in [0.15, 0.2) is 36.7 Å². The summed E-state index contributed by atoms with van der Waals surface area (Å²) in [5, 5.41) is 0. The van der Waals surface area contributed by atoms with E-state index in [0.29, 0.717) is 12.5 Å². The first-order valence-electron chi connectivity index (χ1n) is 9.58. The van der Waals surface area contributed by atoms with E-state index in [9.17, 15) is 9.18 Å². The molecule has 0 radical (unpaired) electrons. The first kappa shape index (κ1) is 17.1. The molecule has 0 unspecified atom stereocenters. The van der Waals surface area contributed by atoms with Gasteiger partial charge in [-0.25, -0.2) is 4.39 Å². The van der Waals surface area contributed by atoms with E-state index < -0.39 is 0 Å². The molecule has 2 aliphatic rings. The third kappa shape index (κ3) is 3.48. The van der Waals surface area contributed by atoms with Crippen LogP contribution in [0.3, 0.4) is 0 Å². The van der Waals surface area contributed by atoms with Crippen LogP contribution in [0.25, 0.3) is 11.3 Å². The highest BCUT2D eigenvalue weighted by molar-refractivity contribution is 5.79. The number of halogens is 1. The Bertz CT molecular complexity index is 788. The summed E-state index contributed by atoms with van der Waals surface area (Å²) in [7, 11) is 0. The van der Waals surface area contributed by atoms with Gasteiger partial charge < -0.3 is 4.90 Å². The minimum absolute atomic E-state index is 0.154. The summed E-state index contributed by atoms with van der Waals surface area (Å²) in [5.41, 5.74) is 2.35. The summed E-state index contributed by atoms with van der Waals surface area (Å²) >= 11 is 0. The maximum Gasteiger partial charge on any atom is 0.225 e. The summed E-state index contributed by atoms with van der Waals surface area (Å²) in [4.78, 5) is 23.9. The number of likely N-dealkylation sites (tertiary alicyclic amines) is 1. The van der Waals surface area contributed by atoms with Crippen molar-refractivity contribution in [3.8, 4) is 11.3 Å². The number of nitrogens with zero attached hydrogens (tertiary/aromatic N) is 3. The Morgan fingerprint density at radius 3 is 2.69 bits per heavy atom. The number of piperidine rings is 1. The highest BCUT2D eigenvalue weighted by Crippen LogP contribution is 2.34. The Kier molecular flexibility index (Phi) is 4.96. The van der Waals surface area contributed by atoms with E-state index in [1.807, 2.05) is 11.0 Å². The quantitative estimate of drug-likeness (QED) is 0.832. The molecular weight excluding hydrogens is 329 g/mol. The molecule has 5 heteroatoms. The predicted molar refractivity (Wildman–Crippen MR) is 97.9 cm³/mol. The van der Waals surface area contributed by atoms with Crippen molar-refractivity contribution in [2.24, 2.45) is 5.92 Å². The fraction of sp³-hybridized carbons (Fsp3) is 0.476. The van der Waals surface area contributed by atoms with Crippen molar-refractivity contribution in [3.05, 3.63) is 48.2 Å². The summed E-state index contributed by atoms with van der Waals surface area (Å²) in [6.07, 6.45) is 9.68. The smallest absolute Gasteiger partial charge is 0.225 e. The Morgan fingerprint density at radius 1 is 1.08 bits per heavy atom. The van der Waals surface area contributed by atoms with E-state index in [-0.39, 0.29) is 17.7 Å². The van der Waals surface area contributed by atoms with Crippen molar-refractivity contribution in [2.75, 3.05) is 13.1 Å². The second-order valence-electron chi connectivity index (χ2n) is 7.41. The van der Waals surface area contributed by atoms with Crippen LogP contribution in [0.2, 0.25) is 0 Å². The third-order valence-electron chi connectivity index (χ3n) is 5.65. The zero-order chi connectivity index (χ0) is 17.9. The van der Waals surface area contributed by atoms with Gasteiger partial charge in [0.15, 0.2) is 0 Å². The maximum atomic E-state index is 13.7. The lowest BCUT2D eigenvalue weighted by Crippen LogP contribution is -2.42. The van der Waals surface area contributed by atoms with Gasteiger partial charge in [0.1, 0.15) is 5.82 Å². The van der Waals surface area contributed by atoms with E-state index in [2.05, 4.69) is 9.97 Å². The van der Waals surface area contributed by atoms with Gasteiger partial charge in [-0.3, -0.25) is 14.8 Å². The lowest BCUT2D eigenvalue weighted by atomic mass is 9.90. The molecule has 0 N–H and O–H groups in total. The number of hydrogen-bond acceptors (Lipinski definition) is 3. The molecule has 0 spiro atoms. The molecule has 4 rings (SSSR count). The molecule has 1 aliphatic carbocycles. The molecule has 1 aromatic heterocycles. The Labute approximate surface area is 153 Å². The molecule has 1 aromatic carbocycles. The van der Waals surface area contributed by atoms with Gasteiger partial charge in [-0.1, -0.05) is 25.0 Å². The highest BCUT2D eigenvalue weighted by Gasteiger charge is 2.32. The van der Waals surface area contributed by atoms with Crippen molar-refractivity contribution < 1.29 is 9.18 Å². The van der Waals surface area contributed by atoms with Gasteiger partial charge in [0.2, 0.25) is 5.91 Å². The standard InChI is InChI=1S/C21H24FN3O/c22-18-9-3-7-16(13-18)19-20(24-11-10-23-19)17-8-4-12-25(14-17)21(26)15-5-1-2-6-15/h3,7,9-11,13,15,17H,1-2,4-6,8,12,14H2/t17-/m0/s1. The number of benzene rings is 1. The molecule has 1 aliphatic heterocycles. The second-order valence-corrected chi connectivity index (χ2v) is 7.41. The fourth-order valence-electron chi connectivity index (χ4n) is 4.34. The number of rotatable bonds is 3. The van der Waals surface area contributed by atoms with Gasteiger partial charge in [0.25, 0.3) is 0 Å². The van der Waals surface area contributed by atoms with Gasteiger partial charge in [-0.2, -0.15) is 0 Å². The van der Waals surface area contributed by atoms with E-state index >= 15 is 0 Å². The molecule has 1 saturated carbocycles. The molecule has 1 amide bonds. The van der Waals surface area contributed by atoms with Crippen LogP contribution in [-0.2, 0) is 4.79 Å². The number of carbonyl (C=O) groups excluding carboxylic acids is 1. The lowest BCUT2D eigenvalue weighted by Gasteiger charge is -2.34. The van der Waals surface area contributed by atoms with Crippen LogP contribution in [0.1, 0.15) is 50.1 Å².